The summed E-state index contributed by atoms with van der Waals surface area (Å²) in [7, 11) is -3.04. The highest BCUT2D eigenvalue weighted by molar-refractivity contribution is 7.99. The molecule has 0 fully saturated rings. The number of pyridine rings is 2. The van der Waals surface area contributed by atoms with Crippen molar-refractivity contribution in [1.29, 1.82) is 0 Å². The fourth-order valence-electron chi connectivity index (χ4n) is 6.96. The Labute approximate surface area is 357 Å². The lowest BCUT2D eigenvalue weighted by Gasteiger charge is -2.45. The first-order chi connectivity index (χ1) is 28.3. The van der Waals surface area contributed by atoms with Gasteiger partial charge in [0.05, 0.1) is 23.2 Å². The topological polar surface area (TPSA) is 91.8 Å². The first kappa shape index (κ1) is 42.9. The maximum absolute atomic E-state index is 14.3. The first-order valence-electron chi connectivity index (χ1n) is 19.1. The number of amides is 1. The number of aromatic nitrogens is 2. The number of carbonyl (C=O) groups is 1. The molecule has 3 unspecified atom stereocenters. The zero-order valence-electron chi connectivity index (χ0n) is 34.0. The lowest BCUT2D eigenvalue weighted by molar-refractivity contribution is -0.127. The molecule has 0 aliphatic carbocycles. The minimum atomic E-state index is -3.04. The molecule has 8 nitrogen and oxygen atoms in total. The SMILES string of the molecule is C#Cc1cnc2ccc(OC(C)C(=S)OCC(C)(CO[Si](c3ccccc3)(c3ccccc3)C(C)(C)C)NC(=O)C(Oc3ccc4ncc(C#C)cc4c3)SC)cc2c1. The Hall–Kier alpha value is -5.69. The van der Waals surface area contributed by atoms with Gasteiger partial charge in [-0.15, -0.1) is 24.6 Å². The van der Waals surface area contributed by atoms with Gasteiger partial charge in [0.2, 0.25) is 10.5 Å². The van der Waals surface area contributed by atoms with Gasteiger partial charge >= 0.3 is 0 Å². The van der Waals surface area contributed by atoms with E-state index in [9.17, 15) is 4.79 Å². The Bertz CT molecular complexity index is 2500. The van der Waals surface area contributed by atoms with Crippen molar-refractivity contribution in [2.24, 2.45) is 0 Å². The second-order valence-electron chi connectivity index (χ2n) is 15.5. The molecule has 2 heterocycles. The van der Waals surface area contributed by atoms with E-state index in [0.717, 1.165) is 32.2 Å². The lowest BCUT2D eigenvalue weighted by Crippen LogP contribution is -2.69. The molecule has 4 aromatic carbocycles. The molecule has 1 N–H and O–H groups in total. The Balaban J connectivity index is 1.28. The summed E-state index contributed by atoms with van der Waals surface area (Å²) in [5.41, 5.74) is 0.854. The van der Waals surface area contributed by atoms with Crippen LogP contribution in [0.15, 0.2) is 122 Å². The lowest BCUT2D eigenvalue weighted by atomic mass is 10.1. The highest BCUT2D eigenvalue weighted by atomic mass is 32.2. The van der Waals surface area contributed by atoms with Crippen molar-refractivity contribution in [2.75, 3.05) is 19.5 Å². The number of thiocarbonyl (C=S) groups is 1. The van der Waals surface area contributed by atoms with E-state index in [1.165, 1.54) is 11.8 Å². The molecule has 2 aromatic heterocycles. The van der Waals surface area contributed by atoms with Gasteiger partial charge in [-0.3, -0.25) is 14.8 Å². The number of fused-ring (bicyclic) bond motifs is 2. The van der Waals surface area contributed by atoms with Gasteiger partial charge in [0.25, 0.3) is 14.2 Å². The third-order valence-corrected chi connectivity index (χ3v) is 16.1. The molecule has 1 amide bonds. The van der Waals surface area contributed by atoms with Crippen LogP contribution in [0.1, 0.15) is 45.7 Å². The van der Waals surface area contributed by atoms with Gasteiger partial charge in [0.1, 0.15) is 18.1 Å². The zero-order chi connectivity index (χ0) is 42.2. The number of carbonyl (C=O) groups excluding carboxylic acids is 1. The molecule has 0 aliphatic heterocycles. The molecule has 11 heteroatoms. The zero-order valence-corrected chi connectivity index (χ0v) is 36.7. The molecule has 300 valence electrons. The molecule has 6 aromatic rings. The van der Waals surface area contributed by atoms with E-state index in [1.807, 2.05) is 99.0 Å². The number of terminal acetylenes is 2. The van der Waals surface area contributed by atoms with Crippen molar-refractivity contribution in [2.45, 2.75) is 56.7 Å². The molecule has 3 atom stereocenters. The smallest absolute Gasteiger partial charge is 0.272 e. The summed E-state index contributed by atoms with van der Waals surface area (Å²) in [6.07, 6.45) is 15.7. The highest BCUT2D eigenvalue weighted by Gasteiger charge is 2.51. The predicted molar refractivity (Wildman–Crippen MR) is 246 cm³/mol. The van der Waals surface area contributed by atoms with Crippen molar-refractivity contribution >= 4 is 75.4 Å². The van der Waals surface area contributed by atoms with Crippen LogP contribution in [-0.4, -0.2) is 65.8 Å². The van der Waals surface area contributed by atoms with Crippen molar-refractivity contribution in [3.05, 3.63) is 133 Å². The summed E-state index contributed by atoms with van der Waals surface area (Å²) in [4.78, 5) is 23.2. The number of benzene rings is 4. The van der Waals surface area contributed by atoms with Gasteiger partial charge in [-0.1, -0.05) is 93.3 Å². The van der Waals surface area contributed by atoms with E-state index in [2.05, 4.69) is 72.2 Å². The average molecular weight is 838 g/mol. The molecule has 0 saturated carbocycles. The summed E-state index contributed by atoms with van der Waals surface area (Å²) < 4.78 is 26.3. The van der Waals surface area contributed by atoms with Crippen LogP contribution in [0.25, 0.3) is 21.8 Å². The van der Waals surface area contributed by atoms with Gasteiger partial charge in [0, 0.05) is 34.3 Å². The molecule has 0 saturated heterocycles. The standard InChI is InChI=1S/C48H47N3O5S2Si/c1-9-34-25-36-27-38(21-23-42(36)49-29-34)55-33(3)45(57)53-31-48(7,32-54-59(47(4,5)6,40-17-13-11-14-18-40)41-19-15-12-16-20-41)51-44(52)46(58-8)56-39-22-24-43-37(28-39)26-35(10-2)30-50-43/h1-2,11-30,33,46H,31-32H2,3-8H3,(H,51,52). The molecule has 0 aliphatic rings. The Morgan fingerprint density at radius 3 is 1.76 bits per heavy atom. The number of nitrogens with one attached hydrogen (secondary N) is 1. The van der Waals surface area contributed by atoms with E-state index in [-0.39, 0.29) is 29.2 Å². The summed E-state index contributed by atoms with van der Waals surface area (Å²) in [6, 6.07) is 35.4. The van der Waals surface area contributed by atoms with Gasteiger partial charge in [-0.05, 0) is 96.3 Å². The summed E-state index contributed by atoms with van der Waals surface area (Å²) in [5, 5.41) is 7.00. The minimum absolute atomic E-state index is 0.0196. The molecular weight excluding hydrogens is 791 g/mol. The number of rotatable bonds is 15. The predicted octanol–water partition coefficient (Wildman–Crippen LogP) is 8.08. The molecule has 6 rings (SSSR count). The second kappa shape index (κ2) is 18.5. The maximum atomic E-state index is 14.3. The van der Waals surface area contributed by atoms with Crippen LogP contribution >= 0.6 is 24.0 Å². The largest absolute Gasteiger partial charge is 0.482 e. The quantitative estimate of drug-likeness (QED) is 0.0478. The van der Waals surface area contributed by atoms with E-state index >= 15 is 0 Å². The molecule has 0 bridgehead atoms. The van der Waals surface area contributed by atoms with Crippen LogP contribution in [0.4, 0.5) is 0 Å². The van der Waals surface area contributed by atoms with Crippen molar-refractivity contribution in [3.63, 3.8) is 0 Å². The number of ether oxygens (including phenoxy) is 3. The molecule has 59 heavy (non-hydrogen) atoms. The molecule has 0 radical (unpaired) electrons. The van der Waals surface area contributed by atoms with E-state index in [0.29, 0.717) is 22.6 Å². The fourth-order valence-corrected chi connectivity index (χ4v) is 12.2. The average Bonchev–Trinajstić information content (AvgIpc) is 3.24. The Kier molecular flexibility index (Phi) is 13.4. The monoisotopic (exact) mass is 837 g/mol. The van der Waals surface area contributed by atoms with Gasteiger partial charge in [0.15, 0.2) is 6.10 Å². The number of thioether (sulfide) groups is 1. The normalized spacial score (nSPS) is 13.6. The fraction of sp³-hybridized carbons (Fsp3) is 0.250. The van der Waals surface area contributed by atoms with Gasteiger partial charge in [-0.25, -0.2) is 0 Å². The molecule has 0 spiro atoms. The number of nitrogens with zero attached hydrogens (tertiary/aromatic N) is 2. The van der Waals surface area contributed by atoms with Crippen LogP contribution in [0, 0.1) is 24.7 Å². The van der Waals surface area contributed by atoms with E-state index < -0.39 is 25.4 Å². The van der Waals surface area contributed by atoms with E-state index in [4.69, 9.17) is 43.7 Å². The number of hydrogen-bond donors (Lipinski definition) is 1. The maximum Gasteiger partial charge on any atom is 0.272 e. The minimum Gasteiger partial charge on any atom is -0.482 e. The third kappa shape index (κ3) is 9.96. The van der Waals surface area contributed by atoms with Crippen LogP contribution < -0.4 is 25.2 Å². The Morgan fingerprint density at radius 2 is 1.29 bits per heavy atom. The van der Waals surface area contributed by atoms with Crippen LogP contribution in [0.2, 0.25) is 5.04 Å². The number of hydrogen-bond acceptors (Lipinski definition) is 9. The van der Waals surface area contributed by atoms with Crippen molar-refractivity contribution in [3.8, 4) is 36.2 Å². The summed E-state index contributed by atoms with van der Waals surface area (Å²) in [6.45, 7) is 10.4. The summed E-state index contributed by atoms with van der Waals surface area (Å²) in [5.74, 6) is 5.95. The van der Waals surface area contributed by atoms with Crippen molar-refractivity contribution in [1.82, 2.24) is 15.3 Å². The van der Waals surface area contributed by atoms with Crippen LogP contribution in [0.5, 0.6) is 11.5 Å². The second-order valence-corrected chi connectivity index (χ2v) is 21.1. The van der Waals surface area contributed by atoms with Gasteiger partial charge < -0.3 is 24.0 Å². The highest BCUT2D eigenvalue weighted by Crippen LogP contribution is 2.37. The molecular formula is C48H47N3O5S2Si. The third-order valence-electron chi connectivity index (χ3n) is 9.94. The van der Waals surface area contributed by atoms with Gasteiger partial charge in [-0.2, -0.15) is 0 Å². The first-order valence-corrected chi connectivity index (χ1v) is 22.7. The van der Waals surface area contributed by atoms with Crippen LogP contribution in [-0.2, 0) is 14.0 Å². The van der Waals surface area contributed by atoms with Crippen LogP contribution in [0.3, 0.4) is 0 Å². The Morgan fingerprint density at radius 1 is 0.780 bits per heavy atom. The van der Waals surface area contributed by atoms with Crippen molar-refractivity contribution < 1.29 is 23.4 Å². The summed E-state index contributed by atoms with van der Waals surface area (Å²) >= 11 is 7.07. The van der Waals surface area contributed by atoms with E-state index in [1.54, 1.807) is 18.5 Å².